The van der Waals surface area contributed by atoms with E-state index in [4.69, 9.17) is 18.6 Å². The topological polar surface area (TPSA) is 133 Å². The number of carbonyl (C=O) groups excluding carboxylic acids is 2. The number of nitrogens with one attached hydrogen (secondary N) is 2. The molecule has 10 nitrogen and oxygen atoms in total. The third-order valence-corrected chi connectivity index (χ3v) is 6.60. The van der Waals surface area contributed by atoms with Gasteiger partial charge in [0.05, 0.1) is 18.4 Å². The van der Waals surface area contributed by atoms with Crippen molar-refractivity contribution in [3.63, 3.8) is 0 Å². The molecule has 3 aromatic rings. The Bertz CT molecular complexity index is 1380. The summed E-state index contributed by atoms with van der Waals surface area (Å²) in [4.78, 5) is 24.8. The molecule has 2 aromatic carbocycles. The van der Waals surface area contributed by atoms with Crippen LogP contribution in [0.25, 0.3) is 0 Å². The van der Waals surface area contributed by atoms with Gasteiger partial charge in [-0.2, -0.15) is 0 Å². The Morgan fingerprint density at radius 2 is 1.68 bits per heavy atom. The molecule has 1 aliphatic heterocycles. The predicted molar refractivity (Wildman–Crippen MR) is 122 cm³/mol. The van der Waals surface area contributed by atoms with E-state index in [1.807, 2.05) is 0 Å². The van der Waals surface area contributed by atoms with Crippen LogP contribution in [0.3, 0.4) is 0 Å². The number of carbonyl (C=O) groups is 2. The minimum Gasteiger partial charge on any atom is -0.486 e. The van der Waals surface area contributed by atoms with E-state index in [2.05, 4.69) is 10.0 Å². The molecule has 2 N–H and O–H groups in total. The smallest absolute Gasteiger partial charge is 0.342 e. The minimum atomic E-state index is -4.31. The van der Waals surface area contributed by atoms with Crippen LogP contribution in [-0.2, 0) is 14.8 Å². The zero-order chi connectivity index (χ0) is 24.5. The fourth-order valence-corrected chi connectivity index (χ4v) is 5.10. The molecule has 0 radical (unpaired) electrons. The quantitative estimate of drug-likeness (QED) is 0.506. The summed E-state index contributed by atoms with van der Waals surface area (Å²) in [5.74, 6) is -0.204. The van der Waals surface area contributed by atoms with Crippen LogP contribution in [0.15, 0.2) is 51.8 Å². The summed E-state index contributed by atoms with van der Waals surface area (Å²) in [5.41, 5.74) is 0.331. The number of para-hydroxylation sites is 1. The van der Waals surface area contributed by atoms with Crippen molar-refractivity contribution >= 4 is 33.3 Å². The number of aryl methyl sites for hydroxylation is 2. The molecule has 178 valence electrons. The lowest BCUT2D eigenvalue weighted by Gasteiger charge is -2.19. The molecule has 1 aliphatic rings. The number of benzene rings is 2. The Hall–Kier alpha value is -3.99. The number of hydrogen-bond acceptors (Lipinski definition) is 8. The first-order valence-corrected chi connectivity index (χ1v) is 11.7. The lowest BCUT2D eigenvalue weighted by molar-refractivity contribution is 0.0594. The van der Waals surface area contributed by atoms with Gasteiger partial charge in [0.15, 0.2) is 11.5 Å². The van der Waals surface area contributed by atoms with Crippen molar-refractivity contribution in [1.82, 2.24) is 0 Å². The largest absolute Gasteiger partial charge is 0.486 e. The van der Waals surface area contributed by atoms with E-state index in [0.717, 1.165) is 7.11 Å². The first-order chi connectivity index (χ1) is 16.2. The van der Waals surface area contributed by atoms with Crippen LogP contribution < -0.4 is 19.5 Å². The van der Waals surface area contributed by atoms with E-state index in [-0.39, 0.29) is 33.2 Å². The number of fused-ring (bicyclic) bond motifs is 1. The van der Waals surface area contributed by atoms with E-state index >= 15 is 0 Å². The summed E-state index contributed by atoms with van der Waals surface area (Å²) in [6, 6.07) is 11.0. The molecule has 4 rings (SSSR count). The number of ether oxygens (including phenoxy) is 3. The van der Waals surface area contributed by atoms with E-state index in [1.165, 1.54) is 26.0 Å². The van der Waals surface area contributed by atoms with Crippen molar-refractivity contribution in [2.24, 2.45) is 0 Å². The van der Waals surface area contributed by atoms with Gasteiger partial charge >= 0.3 is 5.97 Å². The molecule has 0 fully saturated rings. The Morgan fingerprint density at radius 3 is 2.41 bits per heavy atom. The number of hydrogen-bond donors (Lipinski definition) is 2. The molecule has 0 unspecified atom stereocenters. The molecule has 0 spiro atoms. The van der Waals surface area contributed by atoms with Gasteiger partial charge in [-0.15, -0.1) is 0 Å². The van der Waals surface area contributed by atoms with Crippen LogP contribution in [0.4, 0.5) is 11.4 Å². The highest BCUT2D eigenvalue weighted by Crippen LogP contribution is 2.33. The zero-order valence-electron chi connectivity index (χ0n) is 18.6. The van der Waals surface area contributed by atoms with Crippen molar-refractivity contribution in [1.29, 1.82) is 0 Å². The van der Waals surface area contributed by atoms with Crippen molar-refractivity contribution in [2.45, 2.75) is 18.7 Å². The van der Waals surface area contributed by atoms with E-state index < -0.39 is 21.9 Å². The molecule has 0 saturated carbocycles. The third kappa shape index (κ3) is 4.42. The SMILES string of the molecule is COC(=O)c1c(C)oc(C)c1S(=O)(=O)Nc1ccccc1C(=O)Nc1ccc2c(c1)OCCO2. The lowest BCUT2D eigenvalue weighted by atomic mass is 10.1. The number of rotatable bonds is 6. The lowest BCUT2D eigenvalue weighted by Crippen LogP contribution is -2.21. The second-order valence-electron chi connectivity index (χ2n) is 7.37. The van der Waals surface area contributed by atoms with Gasteiger partial charge in [-0.1, -0.05) is 12.1 Å². The monoisotopic (exact) mass is 486 g/mol. The molecule has 0 aliphatic carbocycles. The molecular weight excluding hydrogens is 464 g/mol. The maximum Gasteiger partial charge on any atom is 0.342 e. The molecule has 11 heteroatoms. The molecular formula is C23H22N2O8S. The van der Waals surface area contributed by atoms with Gasteiger partial charge < -0.3 is 23.9 Å². The first kappa shape index (κ1) is 23.2. The van der Waals surface area contributed by atoms with Crippen LogP contribution in [-0.4, -0.2) is 40.6 Å². The normalized spacial score (nSPS) is 12.7. The summed E-state index contributed by atoms with van der Waals surface area (Å²) in [5, 5.41) is 2.73. The summed E-state index contributed by atoms with van der Waals surface area (Å²) >= 11 is 0. The van der Waals surface area contributed by atoms with E-state index in [0.29, 0.717) is 30.4 Å². The number of methoxy groups -OCH3 is 1. The average Bonchev–Trinajstić information content (AvgIpc) is 3.13. The number of anilines is 2. The highest BCUT2D eigenvalue weighted by Gasteiger charge is 2.32. The molecule has 34 heavy (non-hydrogen) atoms. The predicted octanol–water partition coefficient (Wildman–Crippen LogP) is 3.51. The summed E-state index contributed by atoms with van der Waals surface area (Å²) in [6.45, 7) is 3.73. The van der Waals surface area contributed by atoms with Gasteiger partial charge in [-0.3, -0.25) is 9.52 Å². The highest BCUT2D eigenvalue weighted by atomic mass is 32.2. The van der Waals surface area contributed by atoms with Crippen molar-refractivity contribution < 1.29 is 36.6 Å². The van der Waals surface area contributed by atoms with Crippen molar-refractivity contribution in [3.8, 4) is 11.5 Å². The molecule has 0 bridgehead atoms. The van der Waals surface area contributed by atoms with Gasteiger partial charge in [0.2, 0.25) is 0 Å². The second kappa shape index (κ2) is 9.10. The number of esters is 1. The van der Waals surface area contributed by atoms with Crippen LogP contribution >= 0.6 is 0 Å². The maximum atomic E-state index is 13.2. The summed E-state index contributed by atoms with van der Waals surface area (Å²) < 4.78 is 49.9. The van der Waals surface area contributed by atoms with Crippen molar-refractivity contribution in [2.75, 3.05) is 30.4 Å². The average molecular weight is 487 g/mol. The molecule has 2 heterocycles. The van der Waals surface area contributed by atoms with Gasteiger partial charge in [0, 0.05) is 11.8 Å². The molecule has 1 amide bonds. The van der Waals surface area contributed by atoms with E-state index in [1.54, 1.807) is 30.3 Å². The fraction of sp³-hybridized carbons (Fsp3) is 0.217. The highest BCUT2D eigenvalue weighted by molar-refractivity contribution is 7.92. The molecule has 1 aromatic heterocycles. The Labute approximate surface area is 195 Å². The standard InChI is InChI=1S/C23H22N2O8S/c1-13-20(23(27)30-3)21(14(2)33-13)34(28,29)25-17-7-5-4-6-16(17)22(26)24-15-8-9-18-19(12-15)32-11-10-31-18/h4-9,12,25H,10-11H2,1-3H3,(H,24,26). The Balaban J connectivity index is 1.63. The van der Waals surface area contributed by atoms with Crippen molar-refractivity contribution in [3.05, 3.63) is 65.1 Å². The Kier molecular flexibility index (Phi) is 6.20. The summed E-state index contributed by atoms with van der Waals surface area (Å²) in [7, 11) is -3.17. The number of furan rings is 1. The maximum absolute atomic E-state index is 13.2. The minimum absolute atomic E-state index is 0.0172. The van der Waals surface area contributed by atoms with Crippen LogP contribution in [0.1, 0.15) is 32.2 Å². The van der Waals surface area contributed by atoms with Crippen LogP contribution in [0.5, 0.6) is 11.5 Å². The number of amides is 1. The molecule has 0 saturated heterocycles. The van der Waals surface area contributed by atoms with Crippen LogP contribution in [0, 0.1) is 13.8 Å². The van der Waals surface area contributed by atoms with Gasteiger partial charge in [-0.25, -0.2) is 13.2 Å². The van der Waals surface area contributed by atoms with Gasteiger partial charge in [0.1, 0.15) is 35.2 Å². The van der Waals surface area contributed by atoms with E-state index in [9.17, 15) is 18.0 Å². The second-order valence-corrected chi connectivity index (χ2v) is 8.99. The van der Waals surface area contributed by atoms with Gasteiger partial charge in [-0.05, 0) is 38.1 Å². The number of sulfonamides is 1. The molecule has 0 atom stereocenters. The Morgan fingerprint density at radius 1 is 0.971 bits per heavy atom. The fourth-order valence-electron chi connectivity index (χ4n) is 3.61. The first-order valence-electron chi connectivity index (χ1n) is 10.2. The van der Waals surface area contributed by atoms with Gasteiger partial charge in [0.25, 0.3) is 15.9 Å². The third-order valence-electron chi connectivity index (χ3n) is 5.08. The summed E-state index contributed by atoms with van der Waals surface area (Å²) in [6.07, 6.45) is 0. The zero-order valence-corrected chi connectivity index (χ0v) is 19.4. The van der Waals surface area contributed by atoms with Crippen LogP contribution in [0.2, 0.25) is 0 Å².